The lowest BCUT2D eigenvalue weighted by Gasteiger charge is -2.38. The Morgan fingerprint density at radius 2 is 2.05 bits per heavy atom. The topological polar surface area (TPSA) is 15.3 Å². The number of nitrogens with one attached hydrogen (secondary N) is 1. The van der Waals surface area contributed by atoms with E-state index in [0.717, 1.165) is 25.6 Å². The molecule has 5 heteroatoms. The third-order valence-electron chi connectivity index (χ3n) is 3.81. The fourth-order valence-electron chi connectivity index (χ4n) is 2.69. The molecule has 1 heterocycles. The molecule has 1 saturated heterocycles. The quantitative estimate of drug-likeness (QED) is 0.889. The van der Waals surface area contributed by atoms with Crippen LogP contribution in [0.1, 0.15) is 18.9 Å². The zero-order chi connectivity index (χ0) is 14.0. The summed E-state index contributed by atoms with van der Waals surface area (Å²) in [4.78, 5) is 2.04. The molecule has 1 N–H and O–H groups in total. The van der Waals surface area contributed by atoms with Gasteiger partial charge in [-0.2, -0.15) is 13.2 Å². The molecule has 1 aliphatic rings. The van der Waals surface area contributed by atoms with Gasteiger partial charge in [-0.05, 0) is 37.6 Å². The molecule has 2 unspecified atom stereocenters. The number of alkyl halides is 3. The van der Waals surface area contributed by atoms with Gasteiger partial charge in [0.05, 0.1) is 5.56 Å². The summed E-state index contributed by atoms with van der Waals surface area (Å²) in [6.07, 6.45) is -3.32. The summed E-state index contributed by atoms with van der Waals surface area (Å²) in [5.41, 5.74) is 0.0876. The molecule has 0 amide bonds. The molecule has 19 heavy (non-hydrogen) atoms. The van der Waals surface area contributed by atoms with Gasteiger partial charge in [0.25, 0.3) is 0 Å². The minimum absolute atomic E-state index is 0.424. The lowest BCUT2D eigenvalue weighted by atomic mass is 9.93. The van der Waals surface area contributed by atoms with Gasteiger partial charge >= 0.3 is 6.18 Å². The Bertz CT molecular complexity index is 431. The summed E-state index contributed by atoms with van der Waals surface area (Å²) in [7, 11) is 1.93. The molecule has 0 aromatic heterocycles. The number of hydrogen-bond donors (Lipinski definition) is 1. The first-order valence-corrected chi connectivity index (χ1v) is 6.51. The lowest BCUT2D eigenvalue weighted by molar-refractivity contribution is -0.137. The monoisotopic (exact) mass is 272 g/mol. The number of halogens is 3. The summed E-state index contributed by atoms with van der Waals surface area (Å²) in [6, 6.07) is 6.04. The number of anilines is 1. The molecule has 0 radical (unpaired) electrons. The van der Waals surface area contributed by atoms with E-state index in [0.29, 0.717) is 17.6 Å². The molecule has 1 aromatic rings. The van der Waals surface area contributed by atoms with Gasteiger partial charge in [0.2, 0.25) is 0 Å². The van der Waals surface area contributed by atoms with E-state index in [1.54, 1.807) is 6.07 Å². The first-order valence-electron chi connectivity index (χ1n) is 6.51. The highest BCUT2D eigenvalue weighted by molar-refractivity contribution is 5.49. The van der Waals surface area contributed by atoms with Crippen LogP contribution in [0, 0.1) is 5.92 Å². The van der Waals surface area contributed by atoms with Gasteiger partial charge in [-0.3, -0.25) is 0 Å². The highest BCUT2D eigenvalue weighted by Gasteiger charge is 2.31. The number of piperidine rings is 1. The summed E-state index contributed by atoms with van der Waals surface area (Å²) < 4.78 is 38.1. The Morgan fingerprint density at radius 1 is 1.32 bits per heavy atom. The van der Waals surface area contributed by atoms with E-state index in [1.165, 1.54) is 12.1 Å². The van der Waals surface area contributed by atoms with E-state index in [9.17, 15) is 13.2 Å². The molecule has 0 bridgehead atoms. The van der Waals surface area contributed by atoms with Crippen molar-refractivity contribution in [3.8, 4) is 0 Å². The average molecular weight is 272 g/mol. The third-order valence-corrected chi connectivity index (χ3v) is 3.81. The van der Waals surface area contributed by atoms with Crippen molar-refractivity contribution >= 4 is 5.69 Å². The Morgan fingerprint density at radius 3 is 2.63 bits per heavy atom. The number of benzene rings is 1. The smallest absolute Gasteiger partial charge is 0.371 e. The first-order chi connectivity index (χ1) is 8.91. The Balaban J connectivity index is 2.15. The largest absolute Gasteiger partial charge is 0.416 e. The van der Waals surface area contributed by atoms with Gasteiger partial charge in [-0.25, -0.2) is 0 Å². The van der Waals surface area contributed by atoms with E-state index < -0.39 is 11.7 Å². The third kappa shape index (κ3) is 3.21. The van der Waals surface area contributed by atoms with Gasteiger partial charge in [-0.1, -0.05) is 13.0 Å². The van der Waals surface area contributed by atoms with E-state index in [1.807, 2.05) is 11.9 Å². The maximum atomic E-state index is 12.7. The highest BCUT2D eigenvalue weighted by atomic mass is 19.4. The predicted octanol–water partition coefficient (Wildman–Crippen LogP) is 3.14. The van der Waals surface area contributed by atoms with Crippen LogP contribution in [-0.2, 0) is 6.18 Å². The molecule has 106 valence electrons. The van der Waals surface area contributed by atoms with Crippen molar-refractivity contribution in [2.75, 3.05) is 25.0 Å². The van der Waals surface area contributed by atoms with Gasteiger partial charge in [0.15, 0.2) is 0 Å². The molecule has 0 aliphatic carbocycles. The van der Waals surface area contributed by atoms with Crippen molar-refractivity contribution < 1.29 is 13.2 Å². The minimum Gasteiger partial charge on any atom is -0.371 e. The second-order valence-corrected chi connectivity index (χ2v) is 5.16. The van der Waals surface area contributed by atoms with Gasteiger partial charge < -0.3 is 10.2 Å². The van der Waals surface area contributed by atoms with E-state index in [-0.39, 0.29) is 0 Å². The van der Waals surface area contributed by atoms with Crippen molar-refractivity contribution in [1.82, 2.24) is 5.32 Å². The summed E-state index contributed by atoms with van der Waals surface area (Å²) in [5, 5.41) is 3.25. The van der Waals surface area contributed by atoms with Crippen LogP contribution in [0.3, 0.4) is 0 Å². The zero-order valence-corrected chi connectivity index (χ0v) is 11.2. The second kappa shape index (κ2) is 5.41. The van der Waals surface area contributed by atoms with Crippen LogP contribution in [0.2, 0.25) is 0 Å². The normalized spacial score (nSPS) is 24.6. The molecule has 2 nitrogen and oxygen atoms in total. The summed E-state index contributed by atoms with van der Waals surface area (Å²) >= 11 is 0. The first kappa shape index (κ1) is 14.2. The van der Waals surface area contributed by atoms with Gasteiger partial charge in [-0.15, -0.1) is 0 Å². The predicted molar refractivity (Wildman–Crippen MR) is 70.3 cm³/mol. The summed E-state index contributed by atoms with van der Waals surface area (Å²) in [6.45, 7) is 3.70. The van der Waals surface area contributed by atoms with Crippen LogP contribution in [0.4, 0.5) is 18.9 Å². The van der Waals surface area contributed by atoms with Crippen molar-refractivity contribution in [3.63, 3.8) is 0 Å². The molecular weight excluding hydrogens is 253 g/mol. The average Bonchev–Trinajstić information content (AvgIpc) is 2.38. The van der Waals surface area contributed by atoms with Gasteiger partial charge in [0.1, 0.15) is 0 Å². The van der Waals surface area contributed by atoms with Crippen LogP contribution in [0.15, 0.2) is 24.3 Å². The van der Waals surface area contributed by atoms with Crippen molar-refractivity contribution in [1.29, 1.82) is 0 Å². The van der Waals surface area contributed by atoms with Crippen molar-refractivity contribution in [3.05, 3.63) is 29.8 Å². The molecule has 1 fully saturated rings. The molecule has 2 atom stereocenters. The van der Waals surface area contributed by atoms with Crippen molar-refractivity contribution in [2.45, 2.75) is 25.6 Å². The molecule has 0 spiro atoms. The van der Waals surface area contributed by atoms with Crippen LogP contribution in [0.25, 0.3) is 0 Å². The van der Waals surface area contributed by atoms with E-state index >= 15 is 0 Å². The van der Waals surface area contributed by atoms with Crippen LogP contribution in [-0.4, -0.2) is 26.2 Å². The number of hydrogen-bond acceptors (Lipinski definition) is 2. The molecule has 1 aliphatic heterocycles. The molecular formula is C14H19F3N2. The number of nitrogens with zero attached hydrogens (tertiary/aromatic N) is 1. The molecule has 0 saturated carbocycles. The molecule has 1 aromatic carbocycles. The molecule has 2 rings (SSSR count). The minimum atomic E-state index is -4.27. The summed E-state index contributed by atoms with van der Waals surface area (Å²) in [5.74, 6) is 0.424. The van der Waals surface area contributed by atoms with E-state index in [4.69, 9.17) is 0 Å². The Hall–Kier alpha value is -1.23. The van der Waals surface area contributed by atoms with Crippen LogP contribution >= 0.6 is 0 Å². The highest BCUT2D eigenvalue weighted by Crippen LogP contribution is 2.32. The standard InChI is InChI=1S/C14H19F3N2/c1-10-9-19(7-6-13(10)18-2)12-5-3-4-11(8-12)14(15,16)17/h3-5,8,10,13,18H,6-7,9H2,1-2H3. The maximum absolute atomic E-state index is 12.7. The Labute approximate surface area is 111 Å². The lowest BCUT2D eigenvalue weighted by Crippen LogP contribution is -2.47. The van der Waals surface area contributed by atoms with Gasteiger partial charge in [0, 0.05) is 24.8 Å². The second-order valence-electron chi connectivity index (χ2n) is 5.16. The number of rotatable bonds is 2. The van der Waals surface area contributed by atoms with Crippen LogP contribution in [0.5, 0.6) is 0 Å². The maximum Gasteiger partial charge on any atom is 0.416 e. The van der Waals surface area contributed by atoms with Crippen molar-refractivity contribution in [2.24, 2.45) is 5.92 Å². The van der Waals surface area contributed by atoms with E-state index in [2.05, 4.69) is 12.2 Å². The Kier molecular flexibility index (Phi) is 4.04. The van der Waals surface area contributed by atoms with Crippen LogP contribution < -0.4 is 10.2 Å². The fourth-order valence-corrected chi connectivity index (χ4v) is 2.69. The zero-order valence-electron chi connectivity index (χ0n) is 11.2. The fraction of sp³-hybridized carbons (Fsp3) is 0.571. The SMILES string of the molecule is CNC1CCN(c2cccc(C(F)(F)F)c2)CC1C.